The van der Waals surface area contributed by atoms with Crippen LogP contribution in [0.3, 0.4) is 0 Å². The normalized spacial score (nSPS) is 23.3. The number of halogens is 1. The highest BCUT2D eigenvalue weighted by Crippen LogP contribution is 2.28. The van der Waals surface area contributed by atoms with Crippen molar-refractivity contribution < 1.29 is 14.6 Å². The molecule has 3 nitrogen and oxygen atoms in total. The van der Waals surface area contributed by atoms with Crippen molar-refractivity contribution in [2.24, 2.45) is 5.92 Å². The Morgan fingerprint density at radius 3 is 2.63 bits per heavy atom. The number of hydrogen-bond acceptors (Lipinski definition) is 2. The molecule has 0 aromatic heterocycles. The molecule has 0 radical (unpaired) electrons. The standard InChI is InChI=1S/C15H19ClO3/c1-10-2-3-12(14(16)8-10)9-19-13-6-4-11(5-7-13)15(17)18/h2-3,8,11,13H,4-7,9H2,1H3,(H,17,18). The maximum absolute atomic E-state index is 10.9. The minimum absolute atomic E-state index is 0.160. The average Bonchev–Trinajstić information content (AvgIpc) is 2.38. The molecular weight excluding hydrogens is 264 g/mol. The van der Waals surface area contributed by atoms with Gasteiger partial charge in [-0.05, 0) is 49.8 Å². The maximum atomic E-state index is 10.9. The van der Waals surface area contributed by atoms with Gasteiger partial charge in [0.25, 0.3) is 0 Å². The molecule has 0 heterocycles. The van der Waals surface area contributed by atoms with Crippen molar-refractivity contribution >= 4 is 17.6 Å². The van der Waals surface area contributed by atoms with Gasteiger partial charge in [-0.15, -0.1) is 0 Å². The predicted molar refractivity (Wildman–Crippen MR) is 74.4 cm³/mol. The fourth-order valence-corrected chi connectivity index (χ4v) is 2.74. The van der Waals surface area contributed by atoms with Gasteiger partial charge in [0.2, 0.25) is 0 Å². The second-order valence-electron chi connectivity index (χ2n) is 5.22. The average molecular weight is 283 g/mol. The molecule has 104 valence electrons. The smallest absolute Gasteiger partial charge is 0.306 e. The van der Waals surface area contributed by atoms with E-state index in [1.165, 1.54) is 0 Å². The molecule has 1 fully saturated rings. The molecule has 0 bridgehead atoms. The van der Waals surface area contributed by atoms with Crippen molar-refractivity contribution in [3.05, 3.63) is 34.3 Å². The number of carbonyl (C=O) groups is 1. The van der Waals surface area contributed by atoms with Crippen LogP contribution in [0.2, 0.25) is 5.02 Å². The van der Waals surface area contributed by atoms with E-state index in [0.29, 0.717) is 19.4 Å². The van der Waals surface area contributed by atoms with E-state index in [-0.39, 0.29) is 12.0 Å². The summed E-state index contributed by atoms with van der Waals surface area (Å²) in [5.74, 6) is -0.872. The quantitative estimate of drug-likeness (QED) is 0.913. The van der Waals surface area contributed by atoms with Gasteiger partial charge in [0.15, 0.2) is 0 Å². The van der Waals surface area contributed by atoms with Crippen LogP contribution in [-0.2, 0) is 16.1 Å². The molecule has 1 aromatic rings. The number of aliphatic carboxylic acids is 1. The Balaban J connectivity index is 1.82. The second kappa shape index (κ2) is 6.40. The summed E-state index contributed by atoms with van der Waals surface area (Å²) in [6.07, 6.45) is 3.22. The third-order valence-electron chi connectivity index (χ3n) is 3.71. The minimum atomic E-state index is -0.681. The lowest BCUT2D eigenvalue weighted by molar-refractivity contribution is -0.143. The Morgan fingerprint density at radius 1 is 1.37 bits per heavy atom. The summed E-state index contributed by atoms with van der Waals surface area (Å²) in [6.45, 7) is 2.51. The number of carboxylic acid groups (broad SMARTS) is 1. The van der Waals surface area contributed by atoms with Crippen molar-refractivity contribution in [1.29, 1.82) is 0 Å². The largest absolute Gasteiger partial charge is 0.481 e. The summed E-state index contributed by atoms with van der Waals surface area (Å²) in [6, 6.07) is 5.94. The third kappa shape index (κ3) is 3.95. The zero-order chi connectivity index (χ0) is 13.8. The van der Waals surface area contributed by atoms with Gasteiger partial charge < -0.3 is 9.84 Å². The first-order chi connectivity index (χ1) is 9.06. The number of ether oxygens (including phenoxy) is 1. The highest BCUT2D eigenvalue weighted by atomic mass is 35.5. The van der Waals surface area contributed by atoms with E-state index < -0.39 is 5.97 Å². The van der Waals surface area contributed by atoms with Crippen molar-refractivity contribution in [1.82, 2.24) is 0 Å². The van der Waals surface area contributed by atoms with E-state index in [4.69, 9.17) is 21.4 Å². The fraction of sp³-hybridized carbons (Fsp3) is 0.533. The number of aryl methyl sites for hydroxylation is 1. The van der Waals surface area contributed by atoms with Crippen molar-refractivity contribution in [3.63, 3.8) is 0 Å². The molecule has 1 saturated carbocycles. The topological polar surface area (TPSA) is 46.5 Å². The molecule has 1 aromatic carbocycles. The highest BCUT2D eigenvalue weighted by Gasteiger charge is 2.26. The van der Waals surface area contributed by atoms with E-state index in [1.807, 2.05) is 25.1 Å². The van der Waals surface area contributed by atoms with Gasteiger partial charge in [-0.3, -0.25) is 4.79 Å². The number of carboxylic acids is 1. The monoisotopic (exact) mass is 282 g/mol. The van der Waals surface area contributed by atoms with Crippen LogP contribution in [0.5, 0.6) is 0 Å². The number of hydrogen-bond donors (Lipinski definition) is 1. The van der Waals surface area contributed by atoms with E-state index in [1.54, 1.807) is 0 Å². The van der Waals surface area contributed by atoms with E-state index >= 15 is 0 Å². The first-order valence-corrected chi connectivity index (χ1v) is 7.03. The van der Waals surface area contributed by atoms with E-state index in [9.17, 15) is 4.79 Å². The predicted octanol–water partition coefficient (Wildman–Crippen LogP) is 3.81. The lowest BCUT2D eigenvalue weighted by Crippen LogP contribution is -2.25. The summed E-state index contributed by atoms with van der Waals surface area (Å²) in [7, 11) is 0. The van der Waals surface area contributed by atoms with Gasteiger partial charge in [-0.2, -0.15) is 0 Å². The Labute approximate surface area is 118 Å². The molecule has 19 heavy (non-hydrogen) atoms. The fourth-order valence-electron chi connectivity index (χ4n) is 2.45. The lowest BCUT2D eigenvalue weighted by Gasteiger charge is -2.26. The summed E-state index contributed by atoms with van der Waals surface area (Å²) < 4.78 is 5.84. The zero-order valence-electron chi connectivity index (χ0n) is 11.1. The Hall–Kier alpha value is -1.06. The summed E-state index contributed by atoms with van der Waals surface area (Å²) in [4.78, 5) is 10.9. The highest BCUT2D eigenvalue weighted by molar-refractivity contribution is 6.31. The number of benzene rings is 1. The van der Waals surface area contributed by atoms with Gasteiger partial charge >= 0.3 is 5.97 Å². The second-order valence-corrected chi connectivity index (χ2v) is 5.62. The molecule has 0 aliphatic heterocycles. The van der Waals surface area contributed by atoms with Gasteiger partial charge in [-0.25, -0.2) is 0 Å². The first-order valence-electron chi connectivity index (χ1n) is 6.65. The van der Waals surface area contributed by atoms with Crippen LogP contribution < -0.4 is 0 Å². The Bertz CT molecular complexity index is 451. The molecular formula is C15H19ClO3. The molecule has 1 aliphatic carbocycles. The Kier molecular flexibility index (Phi) is 4.83. The summed E-state index contributed by atoms with van der Waals surface area (Å²) >= 11 is 6.15. The molecule has 0 spiro atoms. The molecule has 0 atom stereocenters. The maximum Gasteiger partial charge on any atom is 0.306 e. The summed E-state index contributed by atoms with van der Waals surface area (Å²) in [5, 5.41) is 9.67. The zero-order valence-corrected chi connectivity index (χ0v) is 11.8. The van der Waals surface area contributed by atoms with Crippen LogP contribution in [0, 0.1) is 12.8 Å². The van der Waals surface area contributed by atoms with E-state index in [0.717, 1.165) is 29.0 Å². The molecule has 0 amide bonds. The SMILES string of the molecule is Cc1ccc(COC2CCC(C(=O)O)CC2)c(Cl)c1. The Morgan fingerprint density at radius 2 is 2.05 bits per heavy atom. The molecule has 0 unspecified atom stereocenters. The van der Waals surface area contributed by atoms with Crippen molar-refractivity contribution in [2.75, 3.05) is 0 Å². The molecule has 1 aliphatic rings. The van der Waals surface area contributed by atoms with Crippen LogP contribution in [0.25, 0.3) is 0 Å². The van der Waals surface area contributed by atoms with Crippen LogP contribution in [-0.4, -0.2) is 17.2 Å². The van der Waals surface area contributed by atoms with Crippen molar-refractivity contribution in [2.45, 2.75) is 45.3 Å². The molecule has 4 heteroatoms. The first kappa shape index (κ1) is 14.4. The van der Waals surface area contributed by atoms with Gasteiger partial charge in [-0.1, -0.05) is 23.7 Å². The van der Waals surface area contributed by atoms with Gasteiger partial charge in [0.1, 0.15) is 0 Å². The van der Waals surface area contributed by atoms with Crippen molar-refractivity contribution in [3.8, 4) is 0 Å². The van der Waals surface area contributed by atoms with Crippen LogP contribution in [0.1, 0.15) is 36.8 Å². The van der Waals surface area contributed by atoms with Crippen LogP contribution in [0.15, 0.2) is 18.2 Å². The van der Waals surface area contributed by atoms with E-state index in [2.05, 4.69) is 0 Å². The van der Waals surface area contributed by atoms with Crippen LogP contribution >= 0.6 is 11.6 Å². The molecule has 1 N–H and O–H groups in total. The molecule has 2 rings (SSSR count). The number of rotatable bonds is 4. The third-order valence-corrected chi connectivity index (χ3v) is 4.06. The van der Waals surface area contributed by atoms with Crippen LogP contribution in [0.4, 0.5) is 0 Å². The summed E-state index contributed by atoms with van der Waals surface area (Å²) in [5.41, 5.74) is 2.13. The minimum Gasteiger partial charge on any atom is -0.481 e. The van der Waals surface area contributed by atoms with Gasteiger partial charge in [0, 0.05) is 5.02 Å². The lowest BCUT2D eigenvalue weighted by atomic mass is 9.87. The van der Waals surface area contributed by atoms with Gasteiger partial charge in [0.05, 0.1) is 18.6 Å². The molecule has 0 saturated heterocycles.